The third kappa shape index (κ3) is 2.75. The second kappa shape index (κ2) is 3.14. The summed E-state index contributed by atoms with van der Waals surface area (Å²) in [6.45, 7) is 0.175. The number of hydrogen-bond donors (Lipinski definition) is 0. The SMILES string of the molecule is CN(C=O)OC=O. The Morgan fingerprint density at radius 3 is 2.29 bits per heavy atom. The fourth-order valence-electron chi connectivity index (χ4n) is 0.0927. The first-order valence-corrected chi connectivity index (χ1v) is 1.60. The molecule has 0 aliphatic heterocycles. The Labute approximate surface area is 40.6 Å². The van der Waals surface area contributed by atoms with E-state index in [0.29, 0.717) is 6.41 Å². The van der Waals surface area contributed by atoms with Crippen LogP contribution in [0.4, 0.5) is 0 Å². The van der Waals surface area contributed by atoms with E-state index in [2.05, 4.69) is 4.84 Å². The Kier molecular flexibility index (Phi) is 2.67. The van der Waals surface area contributed by atoms with Crippen LogP contribution >= 0.6 is 0 Å². The molecular weight excluding hydrogens is 98.0 g/mol. The Bertz CT molecular complexity index is 72.6. The zero-order valence-corrected chi connectivity index (χ0v) is 3.83. The van der Waals surface area contributed by atoms with Gasteiger partial charge >= 0.3 is 6.47 Å². The molecule has 0 aromatic rings. The quantitative estimate of drug-likeness (QED) is 0.345. The van der Waals surface area contributed by atoms with Gasteiger partial charge in [0.15, 0.2) is 0 Å². The van der Waals surface area contributed by atoms with Gasteiger partial charge in [-0.1, -0.05) is 0 Å². The smallest absolute Gasteiger partial charge is 0.320 e. The van der Waals surface area contributed by atoms with Gasteiger partial charge in [-0.25, -0.2) is 0 Å². The lowest BCUT2D eigenvalue weighted by molar-refractivity contribution is -0.172. The maximum absolute atomic E-state index is 9.54. The van der Waals surface area contributed by atoms with Crippen LogP contribution in [0.2, 0.25) is 0 Å². The molecule has 0 bridgehead atoms. The number of hydroxylamine groups is 2. The summed E-state index contributed by atoms with van der Waals surface area (Å²) in [4.78, 5) is 22.9. The van der Waals surface area contributed by atoms with E-state index in [-0.39, 0.29) is 6.47 Å². The summed E-state index contributed by atoms with van der Waals surface area (Å²) in [7, 11) is 1.32. The average Bonchev–Trinajstić information content (AvgIpc) is 1.68. The predicted molar refractivity (Wildman–Crippen MR) is 21.0 cm³/mol. The molecule has 4 nitrogen and oxygen atoms in total. The summed E-state index contributed by atoms with van der Waals surface area (Å²) in [6.07, 6.45) is 0.383. The van der Waals surface area contributed by atoms with E-state index in [9.17, 15) is 9.59 Å². The molecule has 4 heteroatoms. The van der Waals surface area contributed by atoms with E-state index in [0.717, 1.165) is 5.06 Å². The minimum absolute atomic E-state index is 0.175. The van der Waals surface area contributed by atoms with Gasteiger partial charge in [0.25, 0.3) is 0 Å². The first kappa shape index (κ1) is 5.94. The van der Waals surface area contributed by atoms with Crippen LogP contribution in [0.3, 0.4) is 0 Å². The number of rotatable bonds is 3. The van der Waals surface area contributed by atoms with E-state index in [1.807, 2.05) is 0 Å². The molecule has 0 aromatic heterocycles. The topological polar surface area (TPSA) is 46.6 Å². The third-order valence-corrected chi connectivity index (χ3v) is 0.358. The van der Waals surface area contributed by atoms with Crippen molar-refractivity contribution in [1.29, 1.82) is 0 Å². The molecule has 0 saturated heterocycles. The van der Waals surface area contributed by atoms with Crippen molar-refractivity contribution in [2.24, 2.45) is 0 Å². The van der Waals surface area contributed by atoms with Gasteiger partial charge in [-0.3, -0.25) is 9.59 Å². The van der Waals surface area contributed by atoms with Gasteiger partial charge in [-0.15, -0.1) is 0 Å². The molecule has 0 saturated carbocycles. The number of hydrogen-bond acceptors (Lipinski definition) is 3. The van der Waals surface area contributed by atoms with E-state index in [1.165, 1.54) is 7.05 Å². The van der Waals surface area contributed by atoms with Crippen LogP contribution in [-0.4, -0.2) is 25.0 Å². The summed E-state index contributed by atoms with van der Waals surface area (Å²) in [5, 5.41) is 0.757. The van der Waals surface area contributed by atoms with Crippen LogP contribution in [-0.2, 0) is 14.4 Å². The van der Waals surface area contributed by atoms with Crippen molar-refractivity contribution in [2.75, 3.05) is 7.05 Å². The van der Waals surface area contributed by atoms with E-state index >= 15 is 0 Å². The third-order valence-electron chi connectivity index (χ3n) is 0.358. The first-order chi connectivity index (χ1) is 3.31. The molecule has 7 heavy (non-hydrogen) atoms. The van der Waals surface area contributed by atoms with Gasteiger partial charge < -0.3 is 4.84 Å². The molecule has 1 amide bonds. The van der Waals surface area contributed by atoms with Crippen LogP contribution in [0.5, 0.6) is 0 Å². The van der Waals surface area contributed by atoms with Crippen LogP contribution in [0, 0.1) is 0 Å². The Hall–Kier alpha value is -1.06. The fourth-order valence-corrected chi connectivity index (χ4v) is 0.0927. The minimum Gasteiger partial charge on any atom is -0.342 e. The highest BCUT2D eigenvalue weighted by molar-refractivity contribution is 5.47. The lowest BCUT2D eigenvalue weighted by atomic mass is 11.2. The molecule has 0 aromatic carbocycles. The lowest BCUT2D eigenvalue weighted by Gasteiger charge is -2.01. The molecule has 0 aliphatic carbocycles. The predicted octanol–water partition coefficient (Wildman–Crippen LogP) is -0.837. The highest BCUT2D eigenvalue weighted by Crippen LogP contribution is 1.68. The van der Waals surface area contributed by atoms with Crippen molar-refractivity contribution >= 4 is 12.9 Å². The molecule has 0 aliphatic rings. The van der Waals surface area contributed by atoms with Crippen LogP contribution in [0.1, 0.15) is 0 Å². The molecule has 0 N–H and O–H groups in total. The first-order valence-electron chi connectivity index (χ1n) is 1.60. The van der Waals surface area contributed by atoms with Crippen LogP contribution in [0.25, 0.3) is 0 Å². The summed E-state index contributed by atoms with van der Waals surface area (Å²) in [5.41, 5.74) is 0. The molecule has 0 radical (unpaired) electrons. The normalized spacial score (nSPS) is 7.00. The number of carbonyl (C=O) groups is 2. The lowest BCUT2D eigenvalue weighted by Crippen LogP contribution is -2.14. The van der Waals surface area contributed by atoms with Crippen molar-refractivity contribution < 1.29 is 14.4 Å². The van der Waals surface area contributed by atoms with Crippen LogP contribution in [0.15, 0.2) is 0 Å². The van der Waals surface area contributed by atoms with Gasteiger partial charge in [-0.2, -0.15) is 5.06 Å². The van der Waals surface area contributed by atoms with Crippen molar-refractivity contribution in [3.8, 4) is 0 Å². The largest absolute Gasteiger partial charge is 0.342 e. The molecule has 0 unspecified atom stereocenters. The average molecular weight is 103 g/mol. The maximum atomic E-state index is 9.54. The molecule has 0 atom stereocenters. The zero-order valence-electron chi connectivity index (χ0n) is 3.83. The monoisotopic (exact) mass is 103 g/mol. The maximum Gasteiger partial charge on any atom is 0.320 e. The van der Waals surface area contributed by atoms with Crippen molar-refractivity contribution in [3.05, 3.63) is 0 Å². The van der Waals surface area contributed by atoms with Gasteiger partial charge in [-0.05, 0) is 0 Å². The summed E-state index contributed by atoms with van der Waals surface area (Å²) in [6, 6.07) is 0. The molecule has 40 valence electrons. The molecule has 0 spiro atoms. The van der Waals surface area contributed by atoms with E-state index < -0.39 is 0 Å². The van der Waals surface area contributed by atoms with Crippen molar-refractivity contribution in [1.82, 2.24) is 5.06 Å². The van der Waals surface area contributed by atoms with Crippen molar-refractivity contribution in [2.45, 2.75) is 0 Å². The van der Waals surface area contributed by atoms with Gasteiger partial charge in [0.1, 0.15) is 0 Å². The summed E-state index contributed by atoms with van der Waals surface area (Å²) in [5.74, 6) is 0. The molecule has 0 fully saturated rings. The van der Waals surface area contributed by atoms with E-state index in [4.69, 9.17) is 0 Å². The van der Waals surface area contributed by atoms with Gasteiger partial charge in [0.2, 0.25) is 6.41 Å². The minimum atomic E-state index is 0.175. The highest BCUT2D eigenvalue weighted by Gasteiger charge is 1.84. The van der Waals surface area contributed by atoms with Crippen molar-refractivity contribution in [3.63, 3.8) is 0 Å². The van der Waals surface area contributed by atoms with Gasteiger partial charge in [0, 0.05) is 7.05 Å². The Morgan fingerprint density at radius 1 is 1.57 bits per heavy atom. The summed E-state index contributed by atoms with van der Waals surface area (Å²) < 4.78 is 0. The Morgan fingerprint density at radius 2 is 2.14 bits per heavy atom. The highest BCUT2D eigenvalue weighted by atomic mass is 16.7. The van der Waals surface area contributed by atoms with Crippen LogP contribution < -0.4 is 0 Å². The second-order valence-corrected chi connectivity index (χ2v) is 0.853. The van der Waals surface area contributed by atoms with Gasteiger partial charge in [0.05, 0.1) is 0 Å². The summed E-state index contributed by atoms with van der Waals surface area (Å²) >= 11 is 0. The standard InChI is InChI=1S/C3H5NO3/c1-4(2-5)7-3-6/h2-3H,1H3. The number of amides is 1. The molecular formula is C3H5NO3. The molecule has 0 heterocycles. The fraction of sp³-hybridized carbons (Fsp3) is 0.333. The number of carbonyl (C=O) groups excluding carboxylic acids is 2. The second-order valence-electron chi connectivity index (χ2n) is 0.853. The van der Waals surface area contributed by atoms with E-state index in [1.54, 1.807) is 0 Å². The molecule has 0 rings (SSSR count). The Balaban J connectivity index is 3.15. The zero-order chi connectivity index (χ0) is 5.70. The number of nitrogens with zero attached hydrogens (tertiary/aromatic N) is 1.